The molecule has 0 aromatic rings. The summed E-state index contributed by atoms with van der Waals surface area (Å²) in [5.41, 5.74) is 0.339. The van der Waals surface area contributed by atoms with E-state index in [1.165, 1.54) is 23.7 Å². The predicted molar refractivity (Wildman–Crippen MR) is 44.9 cm³/mol. The molecule has 0 amide bonds. The summed E-state index contributed by atoms with van der Waals surface area (Å²) in [5.74, 6) is 0.916. The lowest BCUT2D eigenvalue weighted by atomic mass is 10.1. The molecule has 2 unspecified atom stereocenters. The first-order chi connectivity index (χ1) is 4.35. The fourth-order valence-corrected chi connectivity index (χ4v) is 2.84. The third-order valence-electron chi connectivity index (χ3n) is 2.54. The summed E-state index contributed by atoms with van der Waals surface area (Å²) in [5, 5.41) is 0. The van der Waals surface area contributed by atoms with Crippen molar-refractivity contribution in [1.82, 2.24) is 0 Å². The molecular formula is C7H11IO. The summed E-state index contributed by atoms with van der Waals surface area (Å²) in [4.78, 5) is 0. The molecule has 1 nitrogen and oxygen atoms in total. The Bertz CT molecular complexity index is 116. The standard InChI is InChI=1S/C7H11IO/c8-5-7-2-1-6(3-7)4-9-7/h6H,1-5H2. The van der Waals surface area contributed by atoms with Crippen molar-refractivity contribution >= 4 is 22.6 Å². The Balaban J connectivity index is 2.13. The summed E-state index contributed by atoms with van der Waals surface area (Å²) in [7, 11) is 0. The Morgan fingerprint density at radius 3 is 2.78 bits per heavy atom. The van der Waals surface area contributed by atoms with Gasteiger partial charge in [0.1, 0.15) is 0 Å². The van der Waals surface area contributed by atoms with E-state index < -0.39 is 0 Å². The molecule has 9 heavy (non-hydrogen) atoms. The molecule has 1 aliphatic heterocycles. The topological polar surface area (TPSA) is 9.23 Å². The summed E-state index contributed by atoms with van der Waals surface area (Å²) >= 11 is 2.44. The van der Waals surface area contributed by atoms with Gasteiger partial charge in [0.25, 0.3) is 0 Å². The van der Waals surface area contributed by atoms with Gasteiger partial charge in [0, 0.05) is 4.43 Å². The molecule has 1 saturated carbocycles. The van der Waals surface area contributed by atoms with Crippen molar-refractivity contribution in [1.29, 1.82) is 0 Å². The van der Waals surface area contributed by atoms with Gasteiger partial charge in [0.2, 0.25) is 0 Å². The molecule has 0 spiro atoms. The van der Waals surface area contributed by atoms with Crippen molar-refractivity contribution in [2.75, 3.05) is 11.0 Å². The minimum atomic E-state index is 0.339. The Kier molecular flexibility index (Phi) is 1.49. The van der Waals surface area contributed by atoms with Gasteiger partial charge in [-0.25, -0.2) is 0 Å². The normalized spacial score (nSPS) is 48.3. The van der Waals surface area contributed by atoms with E-state index in [2.05, 4.69) is 22.6 Å². The van der Waals surface area contributed by atoms with Crippen molar-refractivity contribution in [3.8, 4) is 0 Å². The zero-order valence-electron chi connectivity index (χ0n) is 5.40. The highest BCUT2D eigenvalue weighted by Crippen LogP contribution is 2.44. The number of rotatable bonds is 1. The van der Waals surface area contributed by atoms with E-state index >= 15 is 0 Å². The van der Waals surface area contributed by atoms with Crippen molar-refractivity contribution in [2.45, 2.75) is 24.9 Å². The number of hydrogen-bond donors (Lipinski definition) is 0. The molecule has 1 aliphatic carbocycles. The molecule has 52 valence electrons. The van der Waals surface area contributed by atoms with Crippen LogP contribution >= 0.6 is 22.6 Å². The summed E-state index contributed by atoms with van der Waals surface area (Å²) in [6.45, 7) is 1.04. The summed E-state index contributed by atoms with van der Waals surface area (Å²) in [6.07, 6.45) is 4.08. The highest BCUT2D eigenvalue weighted by molar-refractivity contribution is 14.1. The minimum absolute atomic E-state index is 0.339. The van der Waals surface area contributed by atoms with Crippen LogP contribution in [0.15, 0.2) is 0 Å². The summed E-state index contributed by atoms with van der Waals surface area (Å²) in [6, 6.07) is 0. The highest BCUT2D eigenvalue weighted by atomic mass is 127. The van der Waals surface area contributed by atoms with Gasteiger partial charge in [-0.3, -0.25) is 0 Å². The van der Waals surface area contributed by atoms with Crippen molar-refractivity contribution in [3.63, 3.8) is 0 Å². The second-order valence-corrected chi connectivity index (χ2v) is 4.00. The lowest BCUT2D eigenvalue weighted by molar-refractivity contribution is 0.00383. The van der Waals surface area contributed by atoms with Gasteiger partial charge in [-0.05, 0) is 25.2 Å². The van der Waals surface area contributed by atoms with Crippen molar-refractivity contribution in [3.05, 3.63) is 0 Å². The van der Waals surface area contributed by atoms with Crippen LogP contribution in [0.3, 0.4) is 0 Å². The molecule has 2 rings (SSSR count). The van der Waals surface area contributed by atoms with Crippen LogP contribution in [0.4, 0.5) is 0 Å². The third kappa shape index (κ3) is 0.909. The molecular weight excluding hydrogens is 227 g/mol. The first-order valence-electron chi connectivity index (χ1n) is 3.55. The van der Waals surface area contributed by atoms with Gasteiger partial charge in [0.15, 0.2) is 0 Å². The number of alkyl halides is 1. The number of hydrogen-bond acceptors (Lipinski definition) is 1. The minimum Gasteiger partial charge on any atom is -0.374 e. The fourth-order valence-electron chi connectivity index (χ4n) is 1.93. The van der Waals surface area contributed by atoms with Crippen LogP contribution in [-0.4, -0.2) is 16.6 Å². The van der Waals surface area contributed by atoms with Crippen LogP contribution in [0.5, 0.6) is 0 Å². The first kappa shape index (κ1) is 6.40. The van der Waals surface area contributed by atoms with Crippen LogP contribution in [0.25, 0.3) is 0 Å². The van der Waals surface area contributed by atoms with Gasteiger partial charge >= 0.3 is 0 Å². The Morgan fingerprint density at radius 2 is 2.56 bits per heavy atom. The van der Waals surface area contributed by atoms with Crippen molar-refractivity contribution in [2.24, 2.45) is 5.92 Å². The van der Waals surface area contributed by atoms with Gasteiger partial charge in [-0.1, -0.05) is 22.6 Å². The fraction of sp³-hybridized carbons (Fsp3) is 1.00. The lowest BCUT2D eigenvalue weighted by Gasteiger charge is -2.23. The van der Waals surface area contributed by atoms with Gasteiger partial charge in [-0.2, -0.15) is 0 Å². The van der Waals surface area contributed by atoms with Gasteiger partial charge in [0.05, 0.1) is 12.2 Å². The lowest BCUT2D eigenvalue weighted by Crippen LogP contribution is -2.27. The molecule has 2 heteroatoms. The molecule has 2 atom stereocenters. The number of fused-ring (bicyclic) bond motifs is 2. The molecule has 2 fully saturated rings. The maximum atomic E-state index is 5.68. The van der Waals surface area contributed by atoms with E-state index in [9.17, 15) is 0 Å². The number of halogens is 1. The number of ether oxygens (including phenoxy) is 1. The van der Waals surface area contributed by atoms with E-state index in [0.717, 1.165) is 12.5 Å². The summed E-state index contributed by atoms with van der Waals surface area (Å²) < 4.78 is 6.88. The zero-order valence-corrected chi connectivity index (χ0v) is 7.56. The van der Waals surface area contributed by atoms with E-state index in [1.54, 1.807) is 0 Å². The molecule has 1 heterocycles. The Labute approximate surface area is 69.3 Å². The second kappa shape index (κ2) is 2.09. The van der Waals surface area contributed by atoms with Crippen LogP contribution in [0.2, 0.25) is 0 Å². The van der Waals surface area contributed by atoms with Crippen molar-refractivity contribution < 1.29 is 4.74 Å². The third-order valence-corrected chi connectivity index (χ3v) is 3.93. The Morgan fingerprint density at radius 1 is 1.67 bits per heavy atom. The van der Waals surface area contributed by atoms with E-state index in [-0.39, 0.29) is 0 Å². The molecule has 2 aliphatic rings. The van der Waals surface area contributed by atoms with Crippen LogP contribution in [0.1, 0.15) is 19.3 Å². The highest BCUT2D eigenvalue weighted by Gasteiger charge is 2.45. The van der Waals surface area contributed by atoms with Gasteiger partial charge in [-0.15, -0.1) is 0 Å². The van der Waals surface area contributed by atoms with Crippen LogP contribution in [-0.2, 0) is 4.74 Å². The second-order valence-electron chi connectivity index (χ2n) is 3.24. The quantitative estimate of drug-likeness (QED) is 0.501. The smallest absolute Gasteiger partial charge is 0.0775 e. The molecule has 0 aromatic carbocycles. The first-order valence-corrected chi connectivity index (χ1v) is 5.07. The maximum absolute atomic E-state index is 5.68. The van der Waals surface area contributed by atoms with Crippen LogP contribution in [0, 0.1) is 5.92 Å². The van der Waals surface area contributed by atoms with E-state index in [4.69, 9.17) is 4.74 Å². The van der Waals surface area contributed by atoms with Gasteiger partial charge < -0.3 is 4.74 Å². The van der Waals surface area contributed by atoms with E-state index in [1.807, 2.05) is 0 Å². The molecule has 2 bridgehead atoms. The largest absolute Gasteiger partial charge is 0.374 e. The SMILES string of the molecule is ICC12CCC(CO1)C2. The Hall–Kier alpha value is 0.690. The molecule has 0 radical (unpaired) electrons. The maximum Gasteiger partial charge on any atom is 0.0775 e. The molecule has 0 aromatic heterocycles. The van der Waals surface area contributed by atoms with Crippen LogP contribution < -0.4 is 0 Å². The molecule has 1 saturated heterocycles. The van der Waals surface area contributed by atoms with E-state index in [0.29, 0.717) is 5.60 Å². The molecule has 0 N–H and O–H groups in total. The average molecular weight is 238 g/mol. The average Bonchev–Trinajstić information content (AvgIpc) is 2.46. The monoisotopic (exact) mass is 238 g/mol. The zero-order chi connectivity index (χ0) is 6.32. The predicted octanol–water partition coefficient (Wildman–Crippen LogP) is 1.99.